The molecular formula is C24H31F4N2O4S+. The number of aliphatic hydroxyl groups is 1. The molecule has 1 aliphatic rings. The van der Waals surface area contributed by atoms with Gasteiger partial charge in [-0.2, -0.15) is 23.0 Å². The maximum absolute atomic E-state index is 12.9. The monoisotopic (exact) mass is 519 g/mol. The molecule has 6 nitrogen and oxygen atoms in total. The second-order valence-corrected chi connectivity index (χ2v) is 8.61. The number of halogens is 4. The second kappa shape index (κ2) is 13.6. The molecule has 1 heterocycles. The van der Waals surface area contributed by atoms with E-state index in [2.05, 4.69) is 14.5 Å². The van der Waals surface area contributed by atoms with E-state index in [4.69, 9.17) is 5.21 Å². The van der Waals surface area contributed by atoms with Gasteiger partial charge in [0.1, 0.15) is 16.8 Å². The van der Waals surface area contributed by atoms with E-state index in [9.17, 15) is 22.7 Å². The maximum Gasteiger partial charge on any atom is 0.387 e. The lowest BCUT2D eigenvalue weighted by atomic mass is 9.81. The van der Waals surface area contributed by atoms with Gasteiger partial charge in [0.25, 0.3) is 0 Å². The molecule has 1 unspecified atom stereocenters. The van der Waals surface area contributed by atoms with Gasteiger partial charge in [-0.15, -0.1) is 11.3 Å². The fourth-order valence-electron chi connectivity index (χ4n) is 3.58. The predicted octanol–water partition coefficient (Wildman–Crippen LogP) is 5.68. The predicted molar refractivity (Wildman–Crippen MR) is 124 cm³/mol. The zero-order chi connectivity index (χ0) is 26.0. The van der Waals surface area contributed by atoms with E-state index in [0.29, 0.717) is 29.8 Å². The molecule has 0 spiro atoms. The van der Waals surface area contributed by atoms with Crippen molar-refractivity contribution in [2.45, 2.75) is 71.2 Å². The van der Waals surface area contributed by atoms with E-state index in [0.717, 1.165) is 22.4 Å². The van der Waals surface area contributed by atoms with Gasteiger partial charge in [0.15, 0.2) is 11.5 Å². The normalized spacial score (nSPS) is 16.1. The molecule has 1 fully saturated rings. The first-order chi connectivity index (χ1) is 16.8. The molecule has 3 rings (SSSR count). The molecule has 1 aromatic heterocycles. The number of ether oxygens (including phenoxy) is 2. The topological polar surface area (TPSA) is 88.4 Å². The number of hydroxylamine groups is 1. The molecule has 4 N–H and O–H groups in total. The van der Waals surface area contributed by atoms with Crippen molar-refractivity contribution < 1.29 is 42.8 Å². The van der Waals surface area contributed by atoms with Gasteiger partial charge in [0, 0.05) is 17.0 Å². The SMILES string of the molecule is C/C=C(\C=C/[NH2+]O)CC(c1ccc(OC(F)F)c(OC(F)F)c1)c1cnc(C2(O)CCC2)s1.CC. The third-order valence-corrected chi connectivity index (χ3v) is 6.76. The van der Waals surface area contributed by atoms with Crippen LogP contribution in [0.4, 0.5) is 17.6 Å². The summed E-state index contributed by atoms with van der Waals surface area (Å²) >= 11 is 1.32. The molecule has 1 aromatic carbocycles. The number of nitrogens with two attached hydrogens (primary N) is 1. The van der Waals surface area contributed by atoms with E-state index >= 15 is 0 Å². The van der Waals surface area contributed by atoms with Gasteiger partial charge in [0.05, 0.1) is 0 Å². The lowest BCUT2D eigenvalue weighted by Crippen LogP contribution is -2.73. The minimum Gasteiger partial charge on any atom is -0.431 e. The van der Waals surface area contributed by atoms with Crippen molar-refractivity contribution in [3.05, 3.63) is 63.8 Å². The fourth-order valence-corrected chi connectivity index (χ4v) is 4.77. The summed E-state index contributed by atoms with van der Waals surface area (Å²) in [7, 11) is 0. The molecule has 2 aromatic rings. The van der Waals surface area contributed by atoms with Gasteiger partial charge in [0.2, 0.25) is 0 Å². The van der Waals surface area contributed by atoms with E-state index < -0.39 is 36.2 Å². The molecular weight excluding hydrogens is 488 g/mol. The van der Waals surface area contributed by atoms with Crippen molar-refractivity contribution in [2.24, 2.45) is 0 Å². The molecule has 0 aliphatic heterocycles. The van der Waals surface area contributed by atoms with Gasteiger partial charge in [-0.05, 0) is 62.0 Å². The first-order valence-electron chi connectivity index (χ1n) is 11.3. The van der Waals surface area contributed by atoms with Crippen molar-refractivity contribution >= 4 is 11.3 Å². The van der Waals surface area contributed by atoms with E-state index in [-0.39, 0.29) is 0 Å². The molecule has 194 valence electrons. The van der Waals surface area contributed by atoms with Gasteiger partial charge >= 0.3 is 13.2 Å². The Labute approximate surface area is 205 Å². The lowest BCUT2D eigenvalue weighted by Gasteiger charge is -2.34. The van der Waals surface area contributed by atoms with Crippen molar-refractivity contribution in [1.29, 1.82) is 0 Å². The number of allylic oxidation sites excluding steroid dienone is 3. The highest BCUT2D eigenvalue weighted by molar-refractivity contribution is 7.11. The summed E-state index contributed by atoms with van der Waals surface area (Å²) in [5.74, 6) is -1.41. The van der Waals surface area contributed by atoms with Gasteiger partial charge in [-0.3, -0.25) is 0 Å². The number of nitrogens with zero attached hydrogens (tertiary/aromatic N) is 1. The maximum atomic E-state index is 12.9. The number of benzene rings is 1. The largest absolute Gasteiger partial charge is 0.431 e. The fraction of sp³-hybridized carbons (Fsp3) is 0.458. The number of thiazole rings is 1. The minimum absolute atomic E-state index is 0.393. The average molecular weight is 520 g/mol. The third kappa shape index (κ3) is 7.76. The van der Waals surface area contributed by atoms with Crippen molar-refractivity contribution in [1.82, 2.24) is 4.98 Å². The van der Waals surface area contributed by atoms with Crippen LogP contribution < -0.4 is 15.0 Å². The highest BCUT2D eigenvalue weighted by Gasteiger charge is 2.39. The van der Waals surface area contributed by atoms with Gasteiger partial charge in [-0.25, -0.2) is 10.2 Å². The Bertz CT molecular complexity index is 994. The highest BCUT2D eigenvalue weighted by atomic mass is 32.1. The number of aromatic nitrogens is 1. The molecule has 0 bridgehead atoms. The Kier molecular flexibility index (Phi) is 11.2. The summed E-state index contributed by atoms with van der Waals surface area (Å²) < 4.78 is 60.1. The Hall–Kier alpha value is -2.47. The summed E-state index contributed by atoms with van der Waals surface area (Å²) in [4.78, 5) is 5.15. The van der Waals surface area contributed by atoms with Crippen LogP contribution in [0.3, 0.4) is 0 Å². The molecule has 35 heavy (non-hydrogen) atoms. The van der Waals surface area contributed by atoms with Crippen LogP contribution in [0.25, 0.3) is 0 Å². The molecule has 1 aliphatic carbocycles. The van der Waals surface area contributed by atoms with Crippen LogP contribution in [0.2, 0.25) is 0 Å². The highest BCUT2D eigenvalue weighted by Crippen LogP contribution is 2.45. The summed E-state index contributed by atoms with van der Waals surface area (Å²) in [5.41, 5.74) is 1.28. The minimum atomic E-state index is -3.23. The Morgan fingerprint density at radius 3 is 2.37 bits per heavy atom. The van der Waals surface area contributed by atoms with Crippen LogP contribution in [0.1, 0.15) is 67.8 Å². The van der Waals surface area contributed by atoms with Gasteiger partial charge < -0.3 is 14.6 Å². The van der Waals surface area contributed by atoms with E-state index in [1.54, 1.807) is 12.3 Å². The zero-order valence-corrected chi connectivity index (χ0v) is 20.6. The number of quaternary nitrogens is 1. The lowest BCUT2D eigenvalue weighted by molar-refractivity contribution is -0.838. The van der Waals surface area contributed by atoms with Crippen molar-refractivity contribution in [2.75, 3.05) is 0 Å². The van der Waals surface area contributed by atoms with Gasteiger partial charge in [-0.1, -0.05) is 26.0 Å². The Balaban J connectivity index is 0.00000210. The third-order valence-electron chi connectivity index (χ3n) is 5.46. The van der Waals surface area contributed by atoms with Crippen molar-refractivity contribution in [3.63, 3.8) is 0 Å². The number of hydrogen-bond donors (Lipinski definition) is 3. The number of alkyl halides is 4. The standard InChI is InChI=1S/C22H24F4N2O4S.C2H6/c1-2-13(6-9-28-30)10-15(18-12-27-19(33-18)22(29)7-3-8-22)14-4-5-16(31-20(23)24)17(11-14)32-21(25)26;1-2/h2,4-6,9,11-12,15,20-21,28-30H,3,7-8,10H2,1H3;1-2H3/p+1/b9-6-,13-2+;. The molecule has 1 saturated carbocycles. The Morgan fingerprint density at radius 2 is 1.83 bits per heavy atom. The number of rotatable bonds is 11. The summed E-state index contributed by atoms with van der Waals surface area (Å²) in [6.07, 6.45) is 9.14. The molecule has 1 atom stereocenters. The smallest absolute Gasteiger partial charge is 0.387 e. The summed E-state index contributed by atoms with van der Waals surface area (Å²) in [6.45, 7) is -0.613. The van der Waals surface area contributed by atoms with Crippen molar-refractivity contribution in [3.8, 4) is 11.5 Å². The average Bonchev–Trinajstić information content (AvgIpc) is 3.30. The molecule has 0 saturated heterocycles. The molecule has 0 radical (unpaired) electrons. The summed E-state index contributed by atoms with van der Waals surface area (Å²) in [5, 5.41) is 20.2. The first kappa shape index (κ1) is 28.8. The van der Waals surface area contributed by atoms with Crippen LogP contribution in [-0.2, 0) is 5.60 Å². The van der Waals surface area contributed by atoms with Crippen LogP contribution in [0.5, 0.6) is 11.5 Å². The van der Waals surface area contributed by atoms with Crippen LogP contribution in [0.15, 0.2) is 48.3 Å². The summed E-state index contributed by atoms with van der Waals surface area (Å²) in [6, 6.07) is 3.93. The van der Waals surface area contributed by atoms with Crippen LogP contribution >= 0.6 is 11.3 Å². The van der Waals surface area contributed by atoms with E-state index in [1.807, 2.05) is 26.8 Å². The quantitative estimate of drug-likeness (QED) is 0.202. The van der Waals surface area contributed by atoms with Crippen LogP contribution in [-0.4, -0.2) is 28.5 Å². The van der Waals surface area contributed by atoms with E-state index in [1.165, 1.54) is 35.7 Å². The zero-order valence-electron chi connectivity index (χ0n) is 19.8. The molecule has 0 amide bonds. The molecule has 11 heteroatoms. The Morgan fingerprint density at radius 1 is 1.17 bits per heavy atom. The second-order valence-electron chi connectivity index (χ2n) is 7.54. The first-order valence-corrected chi connectivity index (χ1v) is 12.1. The van der Waals surface area contributed by atoms with Crippen LogP contribution in [0, 0.1) is 0 Å². The number of hydrogen-bond acceptors (Lipinski definition) is 6.